The maximum absolute atomic E-state index is 13.6. The van der Waals surface area contributed by atoms with E-state index in [-0.39, 0.29) is 34.6 Å². The summed E-state index contributed by atoms with van der Waals surface area (Å²) in [7, 11) is 0. The largest absolute Gasteiger partial charge is 0.348 e. The molecule has 1 heterocycles. The molecule has 4 nitrogen and oxygen atoms in total. The average Bonchev–Trinajstić information content (AvgIpc) is 3.39. The van der Waals surface area contributed by atoms with Crippen molar-refractivity contribution in [3.8, 4) is 0 Å². The first-order valence-corrected chi connectivity index (χ1v) is 15.5. The van der Waals surface area contributed by atoms with Crippen LogP contribution in [-0.4, -0.2) is 17.5 Å². The molecule has 0 saturated heterocycles. The summed E-state index contributed by atoms with van der Waals surface area (Å²) in [5, 5.41) is 5.51. The number of hydrogen-bond donors (Lipinski definition) is 1. The molecule has 9 atom stereocenters. The Labute approximate surface area is 220 Å². The Morgan fingerprint density at radius 2 is 1.83 bits per heavy atom. The highest BCUT2D eigenvalue weighted by atomic mass is 32.1. The van der Waals surface area contributed by atoms with Gasteiger partial charge in [-0.05, 0) is 103 Å². The normalized spacial score (nSPS) is 41.7. The van der Waals surface area contributed by atoms with Gasteiger partial charge < -0.3 is 5.32 Å². The summed E-state index contributed by atoms with van der Waals surface area (Å²) in [4.78, 5) is 40.3. The first-order chi connectivity index (χ1) is 17.2. The van der Waals surface area contributed by atoms with Gasteiger partial charge in [0, 0.05) is 36.5 Å². The van der Waals surface area contributed by atoms with Crippen molar-refractivity contribution in [2.24, 2.45) is 52.3 Å². The highest BCUT2D eigenvalue weighted by molar-refractivity contribution is 7.10. The van der Waals surface area contributed by atoms with Gasteiger partial charge in [0.25, 0.3) is 0 Å². The molecule has 1 aromatic heterocycles. The van der Waals surface area contributed by atoms with Crippen molar-refractivity contribution < 1.29 is 14.4 Å². The molecule has 196 valence electrons. The summed E-state index contributed by atoms with van der Waals surface area (Å²) < 4.78 is 0. The van der Waals surface area contributed by atoms with Crippen LogP contribution in [0.5, 0.6) is 0 Å². The third-order valence-electron chi connectivity index (χ3n) is 11.8. The first-order valence-electron chi connectivity index (χ1n) is 14.6. The Balaban J connectivity index is 1.15. The Morgan fingerprint density at radius 1 is 1.06 bits per heavy atom. The van der Waals surface area contributed by atoms with Crippen LogP contribution in [0.3, 0.4) is 0 Å². The van der Waals surface area contributed by atoms with Crippen molar-refractivity contribution >= 4 is 28.8 Å². The van der Waals surface area contributed by atoms with Crippen LogP contribution in [-0.2, 0) is 14.4 Å². The van der Waals surface area contributed by atoms with E-state index >= 15 is 0 Å². The molecule has 1 unspecified atom stereocenters. The molecule has 5 aliphatic rings. The fraction of sp³-hybridized carbons (Fsp3) is 0.774. The number of fused-ring (bicyclic) bond motifs is 5. The summed E-state index contributed by atoms with van der Waals surface area (Å²) in [6, 6.07) is 4.43. The van der Waals surface area contributed by atoms with E-state index in [0.717, 1.165) is 25.7 Å². The third kappa shape index (κ3) is 4.03. The summed E-state index contributed by atoms with van der Waals surface area (Å²) in [6.07, 6.45) is 10.5. The van der Waals surface area contributed by atoms with E-state index in [1.807, 2.05) is 0 Å². The van der Waals surface area contributed by atoms with Crippen LogP contribution in [0.1, 0.15) is 102 Å². The molecule has 0 aliphatic heterocycles. The lowest BCUT2D eigenvalue weighted by Crippen LogP contribution is -2.57. The van der Waals surface area contributed by atoms with Crippen molar-refractivity contribution in [1.82, 2.24) is 5.32 Å². The van der Waals surface area contributed by atoms with Gasteiger partial charge in [0.2, 0.25) is 5.91 Å². The monoisotopic (exact) mass is 509 g/mol. The molecule has 1 aromatic rings. The van der Waals surface area contributed by atoms with E-state index in [1.165, 1.54) is 24.1 Å². The minimum absolute atomic E-state index is 0.147. The van der Waals surface area contributed by atoms with Gasteiger partial charge in [0.15, 0.2) is 0 Å². The lowest BCUT2D eigenvalue weighted by Gasteiger charge is -2.59. The van der Waals surface area contributed by atoms with Crippen molar-refractivity contribution in [1.29, 1.82) is 0 Å². The summed E-state index contributed by atoms with van der Waals surface area (Å²) in [6.45, 7) is 7.14. The van der Waals surface area contributed by atoms with Crippen LogP contribution in [0, 0.1) is 52.3 Å². The fourth-order valence-corrected chi connectivity index (χ4v) is 10.6. The van der Waals surface area contributed by atoms with Crippen LogP contribution in [0.15, 0.2) is 17.5 Å². The van der Waals surface area contributed by atoms with Crippen LogP contribution < -0.4 is 5.32 Å². The van der Waals surface area contributed by atoms with Crippen molar-refractivity contribution in [3.63, 3.8) is 0 Å². The maximum atomic E-state index is 13.6. The van der Waals surface area contributed by atoms with Gasteiger partial charge in [-0.25, -0.2) is 0 Å². The van der Waals surface area contributed by atoms with Crippen molar-refractivity contribution in [3.05, 3.63) is 22.4 Å². The average molecular weight is 510 g/mol. The molecule has 6 rings (SSSR count). The van der Waals surface area contributed by atoms with Gasteiger partial charge in [-0.15, -0.1) is 11.3 Å². The second-order valence-corrected chi connectivity index (χ2v) is 14.6. The predicted octanol–water partition coefficient (Wildman–Crippen LogP) is 6.75. The van der Waals surface area contributed by atoms with Gasteiger partial charge in [-0.2, -0.15) is 0 Å². The van der Waals surface area contributed by atoms with Gasteiger partial charge in [-0.1, -0.05) is 26.8 Å². The van der Waals surface area contributed by atoms with Crippen molar-refractivity contribution in [2.45, 2.75) is 97.4 Å². The minimum Gasteiger partial charge on any atom is -0.348 e. The summed E-state index contributed by atoms with van der Waals surface area (Å²) >= 11 is 1.75. The molecule has 5 fully saturated rings. The van der Waals surface area contributed by atoms with E-state index in [1.54, 1.807) is 11.3 Å². The van der Waals surface area contributed by atoms with Crippen molar-refractivity contribution in [2.75, 3.05) is 0 Å². The van der Waals surface area contributed by atoms with Gasteiger partial charge in [0.05, 0.1) is 6.04 Å². The van der Waals surface area contributed by atoms with Crippen LogP contribution in [0.2, 0.25) is 0 Å². The number of thiophene rings is 1. The summed E-state index contributed by atoms with van der Waals surface area (Å²) in [5.74, 6) is 3.76. The van der Waals surface area contributed by atoms with E-state index in [0.29, 0.717) is 66.8 Å². The Morgan fingerprint density at radius 3 is 2.56 bits per heavy atom. The van der Waals surface area contributed by atoms with E-state index in [9.17, 15) is 14.4 Å². The lowest BCUT2D eigenvalue weighted by atomic mass is 9.44. The number of carbonyl (C=O) groups excluding carboxylic acids is 3. The number of rotatable bonds is 6. The SMILES string of the molecule is C[C@H](CC(=O)N[C@@H](c1cccs1)C1CC1)C1CC[C@H]2[C@@H]3C(=O)C[C@@H]4CC(=O)CC[C@]4(C)[C@H]3CC[C@]12C. The number of nitrogens with one attached hydrogen (secondary N) is 1. The minimum atomic E-state index is 0.147. The second kappa shape index (κ2) is 9.06. The number of carbonyl (C=O) groups is 3. The zero-order valence-corrected chi connectivity index (χ0v) is 23.1. The molecule has 5 heteroatoms. The fourth-order valence-electron chi connectivity index (χ4n) is 9.69. The zero-order valence-electron chi connectivity index (χ0n) is 22.3. The van der Waals surface area contributed by atoms with Gasteiger partial charge in [-0.3, -0.25) is 14.4 Å². The van der Waals surface area contributed by atoms with Gasteiger partial charge >= 0.3 is 0 Å². The summed E-state index contributed by atoms with van der Waals surface area (Å²) in [5.41, 5.74) is 0.297. The molecule has 36 heavy (non-hydrogen) atoms. The maximum Gasteiger partial charge on any atom is 0.220 e. The molecule has 5 aliphatic carbocycles. The highest BCUT2D eigenvalue weighted by Gasteiger charge is 2.63. The molecule has 0 bridgehead atoms. The predicted molar refractivity (Wildman–Crippen MR) is 142 cm³/mol. The third-order valence-corrected chi connectivity index (χ3v) is 12.8. The van der Waals surface area contributed by atoms with E-state index in [2.05, 4.69) is 43.6 Å². The van der Waals surface area contributed by atoms with E-state index < -0.39 is 0 Å². The molecular weight excluding hydrogens is 466 g/mol. The number of amides is 1. The lowest BCUT2D eigenvalue weighted by molar-refractivity contribution is -0.159. The topological polar surface area (TPSA) is 63.2 Å². The molecule has 0 spiro atoms. The van der Waals surface area contributed by atoms with Crippen LogP contribution in [0.4, 0.5) is 0 Å². The number of hydrogen-bond acceptors (Lipinski definition) is 4. The Kier molecular flexibility index (Phi) is 6.25. The molecule has 0 radical (unpaired) electrons. The first kappa shape index (κ1) is 24.8. The Hall–Kier alpha value is -1.49. The van der Waals surface area contributed by atoms with Crippen LogP contribution >= 0.6 is 11.3 Å². The second-order valence-electron chi connectivity index (χ2n) is 13.7. The molecule has 1 N–H and O–H groups in total. The molecule has 5 saturated carbocycles. The quantitative estimate of drug-likeness (QED) is 0.461. The standard InChI is InChI=1S/C31H43NO3S/c1-18(15-27(35)32-29(19-6-7-19)26-5-4-14-36-26)22-8-9-23-28-24(11-13-31(22,23)3)30(2)12-10-21(33)16-20(30)17-25(28)34/h4-5,14,18-20,22-24,28-29H,6-13,15-17H2,1-3H3,(H,32,35)/t18-,20+,22?,23+,24+,28+,29-,30+,31-/m1/s1. The smallest absolute Gasteiger partial charge is 0.220 e. The highest BCUT2D eigenvalue weighted by Crippen LogP contribution is 2.67. The number of Topliss-reactive ketones (excluding diaryl/α,β-unsaturated/α-hetero) is 2. The molecular formula is C31H43NO3S. The molecule has 0 aromatic carbocycles. The van der Waals surface area contributed by atoms with Gasteiger partial charge in [0.1, 0.15) is 11.6 Å². The van der Waals surface area contributed by atoms with E-state index in [4.69, 9.17) is 0 Å². The Bertz CT molecular complexity index is 1030. The molecule has 1 amide bonds. The van der Waals surface area contributed by atoms with Crippen LogP contribution in [0.25, 0.3) is 0 Å². The number of ketones is 2. The zero-order chi connectivity index (χ0) is 25.2.